The third-order valence-electron chi connectivity index (χ3n) is 3.40. The van der Waals surface area contributed by atoms with Crippen LogP contribution in [-0.4, -0.2) is 37.6 Å². The molecule has 2 rings (SSSR count). The fourth-order valence-electron chi connectivity index (χ4n) is 2.28. The maximum absolute atomic E-state index is 12.1. The van der Waals surface area contributed by atoms with Crippen molar-refractivity contribution >= 4 is 17.2 Å². The fraction of sp³-hybridized carbons (Fsp3) is 0.615. The van der Waals surface area contributed by atoms with Crippen LogP contribution in [0.25, 0.3) is 0 Å². The van der Waals surface area contributed by atoms with Gasteiger partial charge in [0.25, 0.3) is 5.91 Å². The molecule has 2 heterocycles. The number of ether oxygens (including phenoxy) is 1. The maximum Gasteiger partial charge on any atom is 0.254 e. The van der Waals surface area contributed by atoms with Gasteiger partial charge in [0.1, 0.15) is 0 Å². The van der Waals surface area contributed by atoms with E-state index in [1.54, 1.807) is 18.4 Å². The second kappa shape index (κ2) is 6.17. The van der Waals surface area contributed by atoms with Gasteiger partial charge in [-0.15, -0.1) is 0 Å². The first-order valence-corrected chi connectivity index (χ1v) is 7.06. The standard InChI is InChI=1S/C13H19NO2S/c1-16-8-4-11-2-6-14(7-3-11)13(15)12-5-9-17-10-12/h5,9-11H,2-4,6-8H2,1H3. The summed E-state index contributed by atoms with van der Waals surface area (Å²) in [7, 11) is 1.75. The van der Waals surface area contributed by atoms with Gasteiger partial charge in [-0.2, -0.15) is 11.3 Å². The van der Waals surface area contributed by atoms with E-state index in [0.717, 1.165) is 50.4 Å². The minimum absolute atomic E-state index is 0.191. The van der Waals surface area contributed by atoms with Gasteiger partial charge < -0.3 is 9.64 Å². The number of nitrogens with zero attached hydrogens (tertiary/aromatic N) is 1. The molecule has 1 amide bonds. The van der Waals surface area contributed by atoms with Gasteiger partial charge in [-0.05, 0) is 36.6 Å². The number of hydrogen-bond acceptors (Lipinski definition) is 3. The van der Waals surface area contributed by atoms with E-state index in [1.807, 2.05) is 21.7 Å². The van der Waals surface area contributed by atoms with Crippen molar-refractivity contribution in [1.82, 2.24) is 4.90 Å². The number of piperidine rings is 1. The molecule has 0 bridgehead atoms. The highest BCUT2D eigenvalue weighted by Gasteiger charge is 2.23. The Morgan fingerprint density at radius 3 is 2.88 bits per heavy atom. The lowest BCUT2D eigenvalue weighted by Crippen LogP contribution is -2.38. The van der Waals surface area contributed by atoms with Crippen LogP contribution in [0.15, 0.2) is 16.8 Å². The van der Waals surface area contributed by atoms with E-state index in [4.69, 9.17) is 4.74 Å². The maximum atomic E-state index is 12.1. The third-order valence-corrected chi connectivity index (χ3v) is 4.08. The molecule has 4 heteroatoms. The first kappa shape index (κ1) is 12.6. The second-order valence-corrected chi connectivity index (χ2v) is 5.31. The summed E-state index contributed by atoms with van der Waals surface area (Å²) in [4.78, 5) is 14.1. The zero-order valence-corrected chi connectivity index (χ0v) is 11.0. The quantitative estimate of drug-likeness (QED) is 0.825. The van der Waals surface area contributed by atoms with Crippen LogP contribution in [0.3, 0.4) is 0 Å². The Bertz CT molecular complexity index is 342. The summed E-state index contributed by atoms with van der Waals surface area (Å²) in [6.45, 7) is 2.62. The number of amides is 1. The van der Waals surface area contributed by atoms with Crippen LogP contribution in [0.5, 0.6) is 0 Å². The van der Waals surface area contributed by atoms with Crippen LogP contribution < -0.4 is 0 Å². The molecule has 1 aromatic heterocycles. The van der Waals surface area contributed by atoms with Crippen LogP contribution >= 0.6 is 11.3 Å². The Kier molecular flexibility index (Phi) is 4.57. The van der Waals surface area contributed by atoms with Crippen molar-refractivity contribution in [3.05, 3.63) is 22.4 Å². The zero-order valence-electron chi connectivity index (χ0n) is 10.2. The van der Waals surface area contributed by atoms with E-state index < -0.39 is 0 Å². The number of carbonyl (C=O) groups excluding carboxylic acids is 1. The van der Waals surface area contributed by atoms with Crippen molar-refractivity contribution < 1.29 is 9.53 Å². The lowest BCUT2D eigenvalue weighted by molar-refractivity contribution is 0.0670. The first-order chi connectivity index (χ1) is 8.31. The monoisotopic (exact) mass is 253 g/mol. The van der Waals surface area contributed by atoms with Gasteiger partial charge in [-0.1, -0.05) is 0 Å². The zero-order chi connectivity index (χ0) is 12.1. The topological polar surface area (TPSA) is 29.5 Å². The summed E-state index contributed by atoms with van der Waals surface area (Å²) in [5.41, 5.74) is 0.838. The summed E-state index contributed by atoms with van der Waals surface area (Å²) in [6, 6.07) is 1.91. The van der Waals surface area contributed by atoms with Crippen LogP contribution in [0.1, 0.15) is 29.6 Å². The molecule has 94 valence electrons. The number of thiophene rings is 1. The van der Waals surface area contributed by atoms with Gasteiger partial charge in [0, 0.05) is 32.2 Å². The van der Waals surface area contributed by atoms with Crippen molar-refractivity contribution in [2.24, 2.45) is 5.92 Å². The van der Waals surface area contributed by atoms with Gasteiger partial charge in [0.15, 0.2) is 0 Å². The van der Waals surface area contributed by atoms with Crippen molar-refractivity contribution in [1.29, 1.82) is 0 Å². The molecular weight excluding hydrogens is 234 g/mol. The SMILES string of the molecule is COCCC1CCN(C(=O)c2ccsc2)CC1. The summed E-state index contributed by atoms with van der Waals surface area (Å²) >= 11 is 1.58. The lowest BCUT2D eigenvalue weighted by Gasteiger charge is -2.31. The molecule has 0 aromatic carbocycles. The highest BCUT2D eigenvalue weighted by molar-refractivity contribution is 7.08. The normalized spacial score (nSPS) is 17.4. The Morgan fingerprint density at radius 1 is 1.53 bits per heavy atom. The molecule has 0 spiro atoms. The number of rotatable bonds is 4. The molecule has 1 aromatic rings. The van der Waals surface area contributed by atoms with Crippen molar-refractivity contribution in [2.75, 3.05) is 26.8 Å². The highest BCUT2D eigenvalue weighted by Crippen LogP contribution is 2.22. The van der Waals surface area contributed by atoms with E-state index in [2.05, 4.69) is 0 Å². The molecule has 1 aliphatic rings. The third kappa shape index (κ3) is 3.30. The molecule has 3 nitrogen and oxygen atoms in total. The van der Waals surface area contributed by atoms with E-state index in [0.29, 0.717) is 0 Å². The number of hydrogen-bond donors (Lipinski definition) is 0. The Labute approximate surface area is 106 Å². The van der Waals surface area contributed by atoms with Crippen molar-refractivity contribution in [3.8, 4) is 0 Å². The summed E-state index contributed by atoms with van der Waals surface area (Å²) in [6.07, 6.45) is 3.34. The predicted octanol–water partition coefficient (Wildman–Crippen LogP) is 2.64. The number of likely N-dealkylation sites (tertiary alicyclic amines) is 1. The minimum atomic E-state index is 0.191. The molecule has 0 unspecified atom stereocenters. The number of methoxy groups -OCH3 is 1. The molecule has 1 fully saturated rings. The van der Waals surface area contributed by atoms with Gasteiger partial charge in [-0.25, -0.2) is 0 Å². The van der Waals surface area contributed by atoms with Gasteiger partial charge >= 0.3 is 0 Å². The first-order valence-electron chi connectivity index (χ1n) is 6.11. The molecule has 1 aliphatic heterocycles. The molecule has 17 heavy (non-hydrogen) atoms. The molecule has 0 radical (unpaired) electrons. The fourth-order valence-corrected chi connectivity index (χ4v) is 2.91. The van der Waals surface area contributed by atoms with Crippen LogP contribution in [0.4, 0.5) is 0 Å². The van der Waals surface area contributed by atoms with E-state index in [9.17, 15) is 4.79 Å². The van der Waals surface area contributed by atoms with E-state index in [-0.39, 0.29) is 5.91 Å². The van der Waals surface area contributed by atoms with Gasteiger partial charge in [0.05, 0.1) is 5.56 Å². The number of carbonyl (C=O) groups is 1. The molecule has 0 saturated carbocycles. The van der Waals surface area contributed by atoms with E-state index in [1.165, 1.54) is 0 Å². The molecule has 1 saturated heterocycles. The van der Waals surface area contributed by atoms with Crippen molar-refractivity contribution in [3.63, 3.8) is 0 Å². The summed E-state index contributed by atoms with van der Waals surface area (Å²) in [5, 5.41) is 3.89. The van der Waals surface area contributed by atoms with Gasteiger partial charge in [0.2, 0.25) is 0 Å². The Morgan fingerprint density at radius 2 is 2.29 bits per heavy atom. The largest absolute Gasteiger partial charge is 0.385 e. The predicted molar refractivity (Wildman–Crippen MR) is 69.4 cm³/mol. The smallest absolute Gasteiger partial charge is 0.254 e. The summed E-state index contributed by atoms with van der Waals surface area (Å²) < 4.78 is 5.10. The Hall–Kier alpha value is -0.870. The van der Waals surface area contributed by atoms with Gasteiger partial charge in [-0.3, -0.25) is 4.79 Å². The second-order valence-electron chi connectivity index (χ2n) is 4.53. The lowest BCUT2D eigenvalue weighted by atomic mass is 9.93. The van der Waals surface area contributed by atoms with Crippen LogP contribution in [0, 0.1) is 5.92 Å². The summed E-state index contributed by atoms with van der Waals surface area (Å²) in [5.74, 6) is 0.915. The van der Waals surface area contributed by atoms with Crippen molar-refractivity contribution in [2.45, 2.75) is 19.3 Å². The van der Waals surface area contributed by atoms with E-state index >= 15 is 0 Å². The molecule has 0 N–H and O–H groups in total. The average Bonchev–Trinajstić information content (AvgIpc) is 2.90. The highest BCUT2D eigenvalue weighted by atomic mass is 32.1. The molecule has 0 aliphatic carbocycles. The molecule has 0 atom stereocenters. The minimum Gasteiger partial charge on any atom is -0.385 e. The molecular formula is C13H19NO2S. The van der Waals surface area contributed by atoms with Crippen LogP contribution in [-0.2, 0) is 4.74 Å². The average molecular weight is 253 g/mol. The Balaban J connectivity index is 1.81. The van der Waals surface area contributed by atoms with Crippen LogP contribution in [0.2, 0.25) is 0 Å².